The fourth-order valence-electron chi connectivity index (χ4n) is 2.74. The summed E-state index contributed by atoms with van der Waals surface area (Å²) in [6.45, 7) is 3.30. The van der Waals surface area contributed by atoms with E-state index in [9.17, 15) is 9.18 Å². The Morgan fingerprint density at radius 3 is 3.09 bits per heavy atom. The summed E-state index contributed by atoms with van der Waals surface area (Å²) >= 11 is 7.50. The second-order valence-corrected chi connectivity index (χ2v) is 6.78. The van der Waals surface area contributed by atoms with Gasteiger partial charge in [-0.3, -0.25) is 9.69 Å². The summed E-state index contributed by atoms with van der Waals surface area (Å²) < 4.78 is 13.1. The van der Waals surface area contributed by atoms with Crippen molar-refractivity contribution in [1.29, 1.82) is 0 Å². The Balaban J connectivity index is 1.64. The predicted octanol–water partition coefficient (Wildman–Crippen LogP) is 4.10. The van der Waals surface area contributed by atoms with E-state index in [1.165, 1.54) is 28.6 Å². The quantitative estimate of drug-likeness (QED) is 0.913. The molecule has 1 amide bonds. The highest BCUT2D eigenvalue weighted by Crippen LogP contribution is 2.32. The van der Waals surface area contributed by atoms with Crippen LogP contribution in [-0.4, -0.2) is 23.9 Å². The minimum atomic E-state index is -0.491. The van der Waals surface area contributed by atoms with Crippen molar-refractivity contribution in [3.63, 3.8) is 0 Å². The summed E-state index contributed by atoms with van der Waals surface area (Å²) in [5.74, 6) is -0.609. The number of hydrogen-bond donors (Lipinski definition) is 1. The van der Waals surface area contributed by atoms with E-state index in [0.29, 0.717) is 12.2 Å². The van der Waals surface area contributed by atoms with Gasteiger partial charge < -0.3 is 5.32 Å². The van der Waals surface area contributed by atoms with Crippen LogP contribution in [0.5, 0.6) is 0 Å². The van der Waals surface area contributed by atoms with Crippen LogP contribution in [0.2, 0.25) is 5.02 Å². The van der Waals surface area contributed by atoms with Crippen molar-refractivity contribution in [2.24, 2.45) is 0 Å². The molecule has 0 saturated carbocycles. The van der Waals surface area contributed by atoms with Gasteiger partial charge in [0, 0.05) is 23.2 Å². The Hall–Kier alpha value is -1.43. The third kappa shape index (κ3) is 3.16. The molecule has 1 aliphatic heterocycles. The van der Waals surface area contributed by atoms with Crippen LogP contribution in [0.1, 0.15) is 23.4 Å². The zero-order valence-electron chi connectivity index (χ0n) is 12.1. The van der Waals surface area contributed by atoms with Gasteiger partial charge in [0.05, 0.1) is 11.6 Å². The lowest BCUT2D eigenvalue weighted by Gasteiger charge is -2.32. The average Bonchev–Trinajstić information content (AvgIpc) is 2.95. The van der Waals surface area contributed by atoms with E-state index in [1.807, 2.05) is 0 Å². The Morgan fingerprint density at radius 2 is 2.32 bits per heavy atom. The molecule has 0 aliphatic carbocycles. The topological polar surface area (TPSA) is 32.3 Å². The molecule has 6 heteroatoms. The van der Waals surface area contributed by atoms with E-state index in [2.05, 4.69) is 28.6 Å². The number of carbonyl (C=O) groups is 1. The lowest BCUT2D eigenvalue weighted by molar-refractivity contribution is -0.117. The van der Waals surface area contributed by atoms with Gasteiger partial charge in [-0.05, 0) is 48.6 Å². The fraction of sp³-hybridized carbons (Fsp3) is 0.312. The van der Waals surface area contributed by atoms with Crippen molar-refractivity contribution in [3.8, 4) is 0 Å². The predicted molar refractivity (Wildman–Crippen MR) is 88.1 cm³/mol. The van der Waals surface area contributed by atoms with Gasteiger partial charge in [0.15, 0.2) is 0 Å². The van der Waals surface area contributed by atoms with Crippen LogP contribution in [0.3, 0.4) is 0 Å². The smallest absolute Gasteiger partial charge is 0.238 e. The van der Waals surface area contributed by atoms with Gasteiger partial charge in [0.1, 0.15) is 5.82 Å². The molecule has 2 heterocycles. The number of nitrogens with one attached hydrogen (secondary N) is 1. The first-order valence-electron chi connectivity index (χ1n) is 7.10. The summed E-state index contributed by atoms with van der Waals surface area (Å²) in [5.41, 5.74) is 1.83. The molecule has 1 aliphatic rings. The van der Waals surface area contributed by atoms with Crippen molar-refractivity contribution < 1.29 is 9.18 Å². The van der Waals surface area contributed by atoms with Crippen molar-refractivity contribution in [2.45, 2.75) is 19.4 Å². The molecule has 1 unspecified atom stereocenters. The minimum Gasteiger partial charge on any atom is -0.325 e. The van der Waals surface area contributed by atoms with Gasteiger partial charge >= 0.3 is 0 Å². The maximum absolute atomic E-state index is 13.1. The molecule has 0 fully saturated rings. The van der Waals surface area contributed by atoms with E-state index in [1.54, 1.807) is 11.3 Å². The number of benzene rings is 1. The lowest BCUT2D eigenvalue weighted by atomic mass is 10.0. The number of thiophene rings is 1. The highest BCUT2D eigenvalue weighted by Gasteiger charge is 2.26. The summed E-state index contributed by atoms with van der Waals surface area (Å²) in [7, 11) is 0. The van der Waals surface area contributed by atoms with E-state index < -0.39 is 5.82 Å². The molecule has 0 saturated heterocycles. The second kappa shape index (κ2) is 6.36. The molecule has 2 aromatic rings. The lowest BCUT2D eigenvalue weighted by Crippen LogP contribution is -2.39. The summed E-state index contributed by atoms with van der Waals surface area (Å²) in [5, 5.41) is 4.88. The van der Waals surface area contributed by atoms with Gasteiger partial charge in [0.2, 0.25) is 5.91 Å². The molecule has 1 N–H and O–H groups in total. The molecule has 3 rings (SSSR count). The molecular weight excluding hydrogens is 323 g/mol. The number of amides is 1. The molecule has 0 bridgehead atoms. The molecule has 1 aromatic carbocycles. The van der Waals surface area contributed by atoms with E-state index in [4.69, 9.17) is 11.6 Å². The number of halogens is 2. The van der Waals surface area contributed by atoms with Crippen molar-refractivity contribution in [1.82, 2.24) is 4.90 Å². The van der Waals surface area contributed by atoms with Crippen LogP contribution in [-0.2, 0) is 11.2 Å². The van der Waals surface area contributed by atoms with Crippen molar-refractivity contribution >= 4 is 34.5 Å². The van der Waals surface area contributed by atoms with Crippen LogP contribution < -0.4 is 5.32 Å². The molecule has 1 atom stereocenters. The first-order valence-corrected chi connectivity index (χ1v) is 8.35. The molecule has 22 heavy (non-hydrogen) atoms. The SMILES string of the molecule is CC1c2ccsc2CCN1CC(=O)Nc1ccc(F)c(Cl)c1. The number of anilines is 1. The van der Waals surface area contributed by atoms with Crippen LogP contribution in [0.15, 0.2) is 29.6 Å². The average molecular weight is 339 g/mol. The third-order valence-electron chi connectivity index (χ3n) is 3.95. The maximum Gasteiger partial charge on any atom is 0.238 e. The van der Waals surface area contributed by atoms with Gasteiger partial charge in [-0.2, -0.15) is 0 Å². The van der Waals surface area contributed by atoms with Gasteiger partial charge in [-0.1, -0.05) is 11.6 Å². The first-order chi connectivity index (χ1) is 10.5. The zero-order chi connectivity index (χ0) is 15.7. The van der Waals surface area contributed by atoms with E-state index >= 15 is 0 Å². The van der Waals surface area contributed by atoms with E-state index in [0.717, 1.165) is 13.0 Å². The molecule has 116 valence electrons. The second-order valence-electron chi connectivity index (χ2n) is 5.37. The van der Waals surface area contributed by atoms with Gasteiger partial charge in [-0.15, -0.1) is 11.3 Å². The summed E-state index contributed by atoms with van der Waals surface area (Å²) in [6.07, 6.45) is 0.979. The van der Waals surface area contributed by atoms with Crippen LogP contribution in [0.4, 0.5) is 10.1 Å². The van der Waals surface area contributed by atoms with Crippen LogP contribution in [0, 0.1) is 5.82 Å². The number of rotatable bonds is 3. The van der Waals surface area contributed by atoms with E-state index in [-0.39, 0.29) is 17.0 Å². The molecule has 0 spiro atoms. The standard InChI is InChI=1S/C16H16ClFN2OS/c1-10-12-5-7-22-15(12)4-6-20(10)9-16(21)19-11-2-3-14(18)13(17)8-11/h2-3,5,7-8,10H,4,6,9H2,1H3,(H,19,21). The molecule has 3 nitrogen and oxygen atoms in total. The largest absolute Gasteiger partial charge is 0.325 e. The summed E-state index contributed by atoms with van der Waals surface area (Å²) in [6, 6.07) is 6.55. The number of nitrogens with zero attached hydrogens (tertiary/aromatic N) is 1. The first kappa shape index (κ1) is 15.5. The number of fused-ring (bicyclic) bond motifs is 1. The van der Waals surface area contributed by atoms with Crippen molar-refractivity contribution in [3.05, 3.63) is 50.9 Å². The van der Waals surface area contributed by atoms with Crippen LogP contribution >= 0.6 is 22.9 Å². The zero-order valence-corrected chi connectivity index (χ0v) is 13.7. The Morgan fingerprint density at radius 1 is 1.50 bits per heavy atom. The summed E-state index contributed by atoms with van der Waals surface area (Å²) in [4.78, 5) is 15.7. The highest BCUT2D eigenvalue weighted by molar-refractivity contribution is 7.10. The Kier molecular flexibility index (Phi) is 4.47. The maximum atomic E-state index is 13.1. The normalized spacial score (nSPS) is 18.0. The number of hydrogen-bond acceptors (Lipinski definition) is 3. The highest BCUT2D eigenvalue weighted by atomic mass is 35.5. The van der Waals surface area contributed by atoms with Crippen molar-refractivity contribution in [2.75, 3.05) is 18.4 Å². The molecule has 0 radical (unpaired) electrons. The fourth-order valence-corrected chi connectivity index (χ4v) is 3.88. The number of carbonyl (C=O) groups excluding carboxylic acids is 1. The Bertz CT molecular complexity index is 703. The Labute approximate surface area is 137 Å². The monoisotopic (exact) mass is 338 g/mol. The van der Waals surface area contributed by atoms with Crippen LogP contribution in [0.25, 0.3) is 0 Å². The van der Waals surface area contributed by atoms with Gasteiger partial charge in [0.25, 0.3) is 0 Å². The molecular formula is C16H16ClFN2OS. The van der Waals surface area contributed by atoms with Gasteiger partial charge in [-0.25, -0.2) is 4.39 Å². The third-order valence-corrected chi connectivity index (χ3v) is 5.24. The molecule has 1 aromatic heterocycles. The minimum absolute atomic E-state index is 0.00653.